The van der Waals surface area contributed by atoms with Crippen LogP contribution in [-0.4, -0.2) is 12.5 Å². The zero-order valence-electron chi connectivity index (χ0n) is 11.7. The summed E-state index contributed by atoms with van der Waals surface area (Å²) in [5, 5.41) is 2.99. The molecule has 0 aromatic heterocycles. The molecule has 1 heterocycles. The van der Waals surface area contributed by atoms with Crippen molar-refractivity contribution in [1.29, 1.82) is 0 Å². The Morgan fingerprint density at radius 2 is 1.90 bits per heavy atom. The molecule has 2 aromatic carbocycles. The van der Waals surface area contributed by atoms with Crippen molar-refractivity contribution in [1.82, 2.24) is 5.32 Å². The first-order valence-corrected chi connectivity index (χ1v) is 7.05. The minimum atomic E-state index is -0.288. The number of ether oxygens (including phenoxy) is 1. The fourth-order valence-corrected chi connectivity index (χ4v) is 2.55. The van der Waals surface area contributed by atoms with Gasteiger partial charge in [0, 0.05) is 18.0 Å². The summed E-state index contributed by atoms with van der Waals surface area (Å²) in [6.07, 6.45) is 0.267. The molecule has 108 valence electrons. The van der Waals surface area contributed by atoms with Crippen LogP contribution in [0.25, 0.3) is 0 Å². The zero-order valence-corrected chi connectivity index (χ0v) is 11.7. The molecule has 4 nitrogen and oxygen atoms in total. The maximum Gasteiger partial charge on any atom is 0.222 e. The Morgan fingerprint density at radius 3 is 2.71 bits per heavy atom. The standard InChI is InChI=1S/C17H18N2O2/c18-14(12-6-2-1-3-7-12)10-17(20)19-15-11-21-16-9-5-4-8-13(15)16/h1-9,14-15H,10-11,18H2,(H,19,20). The molecular formula is C17H18N2O2. The third kappa shape index (κ3) is 3.06. The minimum Gasteiger partial charge on any atom is -0.491 e. The number of hydrogen-bond acceptors (Lipinski definition) is 3. The normalized spacial score (nSPS) is 17.7. The summed E-state index contributed by atoms with van der Waals surface area (Å²) in [4.78, 5) is 12.1. The van der Waals surface area contributed by atoms with Crippen LogP contribution in [0, 0.1) is 0 Å². The molecule has 1 aliphatic rings. The van der Waals surface area contributed by atoms with Crippen LogP contribution in [0.4, 0.5) is 0 Å². The zero-order chi connectivity index (χ0) is 14.7. The van der Waals surface area contributed by atoms with Gasteiger partial charge in [-0.15, -0.1) is 0 Å². The maximum absolute atomic E-state index is 12.1. The first kappa shape index (κ1) is 13.6. The lowest BCUT2D eigenvalue weighted by atomic mass is 10.0. The molecule has 0 bridgehead atoms. The highest BCUT2D eigenvalue weighted by Gasteiger charge is 2.25. The fourth-order valence-electron chi connectivity index (χ4n) is 2.55. The van der Waals surface area contributed by atoms with Crippen molar-refractivity contribution >= 4 is 5.91 Å². The molecule has 3 rings (SSSR count). The first-order chi connectivity index (χ1) is 10.2. The predicted molar refractivity (Wildman–Crippen MR) is 80.8 cm³/mol. The quantitative estimate of drug-likeness (QED) is 0.904. The lowest BCUT2D eigenvalue weighted by molar-refractivity contribution is -0.122. The van der Waals surface area contributed by atoms with Gasteiger partial charge in [0.15, 0.2) is 0 Å². The van der Waals surface area contributed by atoms with Crippen molar-refractivity contribution in [2.24, 2.45) is 5.73 Å². The van der Waals surface area contributed by atoms with Gasteiger partial charge in [-0.3, -0.25) is 4.79 Å². The average molecular weight is 282 g/mol. The molecule has 1 aliphatic heterocycles. The van der Waals surface area contributed by atoms with E-state index in [1.54, 1.807) is 0 Å². The third-order valence-electron chi connectivity index (χ3n) is 3.67. The fraction of sp³-hybridized carbons (Fsp3) is 0.235. The van der Waals surface area contributed by atoms with Gasteiger partial charge in [0.25, 0.3) is 0 Å². The largest absolute Gasteiger partial charge is 0.491 e. The van der Waals surface area contributed by atoms with Crippen LogP contribution in [0.1, 0.15) is 29.6 Å². The number of rotatable bonds is 4. The van der Waals surface area contributed by atoms with Crippen LogP contribution in [0.3, 0.4) is 0 Å². The van der Waals surface area contributed by atoms with E-state index >= 15 is 0 Å². The Hall–Kier alpha value is -2.33. The molecule has 1 amide bonds. The molecule has 0 aliphatic carbocycles. The van der Waals surface area contributed by atoms with Crippen LogP contribution in [0.15, 0.2) is 54.6 Å². The first-order valence-electron chi connectivity index (χ1n) is 7.05. The van der Waals surface area contributed by atoms with E-state index in [1.165, 1.54) is 0 Å². The molecule has 0 radical (unpaired) electrons. The monoisotopic (exact) mass is 282 g/mol. The summed E-state index contributed by atoms with van der Waals surface area (Å²) >= 11 is 0. The number of benzene rings is 2. The molecule has 2 atom stereocenters. The van der Waals surface area contributed by atoms with E-state index in [9.17, 15) is 4.79 Å². The van der Waals surface area contributed by atoms with Crippen molar-refractivity contribution in [2.45, 2.75) is 18.5 Å². The van der Waals surface area contributed by atoms with Crippen molar-refractivity contribution in [2.75, 3.05) is 6.61 Å². The highest BCUT2D eigenvalue weighted by molar-refractivity contribution is 5.77. The van der Waals surface area contributed by atoms with Gasteiger partial charge in [0.2, 0.25) is 5.91 Å². The van der Waals surface area contributed by atoms with E-state index in [0.717, 1.165) is 16.9 Å². The van der Waals surface area contributed by atoms with Crippen molar-refractivity contribution in [3.8, 4) is 5.75 Å². The van der Waals surface area contributed by atoms with Crippen molar-refractivity contribution in [3.05, 3.63) is 65.7 Å². The van der Waals surface area contributed by atoms with Gasteiger partial charge in [0.05, 0.1) is 6.04 Å². The topological polar surface area (TPSA) is 64.4 Å². The summed E-state index contributed by atoms with van der Waals surface area (Å²) in [5.41, 5.74) is 8.07. The lowest BCUT2D eigenvalue weighted by Gasteiger charge is -2.15. The molecule has 0 saturated carbocycles. The highest BCUT2D eigenvalue weighted by Crippen LogP contribution is 2.31. The molecular weight excluding hydrogens is 264 g/mol. The van der Waals surface area contributed by atoms with Crippen LogP contribution in [0.2, 0.25) is 0 Å². The van der Waals surface area contributed by atoms with Gasteiger partial charge >= 0.3 is 0 Å². The lowest BCUT2D eigenvalue weighted by Crippen LogP contribution is -2.31. The molecule has 3 N–H and O–H groups in total. The maximum atomic E-state index is 12.1. The average Bonchev–Trinajstić information content (AvgIpc) is 2.91. The summed E-state index contributed by atoms with van der Waals surface area (Å²) in [5.74, 6) is 0.784. The molecule has 21 heavy (non-hydrogen) atoms. The Bertz CT molecular complexity index is 628. The van der Waals surface area contributed by atoms with Crippen LogP contribution < -0.4 is 15.8 Å². The van der Waals surface area contributed by atoms with E-state index in [-0.39, 0.29) is 24.4 Å². The van der Waals surface area contributed by atoms with Crippen LogP contribution in [0.5, 0.6) is 5.75 Å². The summed E-state index contributed by atoms with van der Waals surface area (Å²) < 4.78 is 5.56. The van der Waals surface area contributed by atoms with Gasteiger partial charge in [-0.2, -0.15) is 0 Å². The minimum absolute atomic E-state index is 0.0587. The van der Waals surface area contributed by atoms with Gasteiger partial charge in [-0.25, -0.2) is 0 Å². The number of para-hydroxylation sites is 1. The number of carbonyl (C=O) groups is 1. The number of carbonyl (C=O) groups excluding carboxylic acids is 1. The van der Waals surface area contributed by atoms with Crippen molar-refractivity contribution in [3.63, 3.8) is 0 Å². The number of fused-ring (bicyclic) bond motifs is 1. The number of nitrogens with one attached hydrogen (secondary N) is 1. The van der Waals surface area contributed by atoms with E-state index in [4.69, 9.17) is 10.5 Å². The van der Waals surface area contributed by atoms with Crippen LogP contribution >= 0.6 is 0 Å². The SMILES string of the molecule is NC(CC(=O)NC1COc2ccccc21)c1ccccc1. The summed E-state index contributed by atoms with van der Waals surface area (Å²) in [6, 6.07) is 17.0. The molecule has 2 aromatic rings. The highest BCUT2D eigenvalue weighted by atomic mass is 16.5. The molecule has 0 saturated heterocycles. The Balaban J connectivity index is 1.61. The molecule has 2 unspecified atom stereocenters. The predicted octanol–water partition coefficient (Wildman–Crippen LogP) is 2.33. The van der Waals surface area contributed by atoms with E-state index in [1.807, 2.05) is 54.6 Å². The van der Waals surface area contributed by atoms with E-state index < -0.39 is 0 Å². The van der Waals surface area contributed by atoms with Gasteiger partial charge < -0.3 is 15.8 Å². The van der Waals surface area contributed by atoms with Gasteiger partial charge in [0.1, 0.15) is 12.4 Å². The second-order valence-corrected chi connectivity index (χ2v) is 5.19. The summed E-state index contributed by atoms with van der Waals surface area (Å²) in [7, 11) is 0. The molecule has 4 heteroatoms. The van der Waals surface area contributed by atoms with E-state index in [0.29, 0.717) is 6.61 Å². The van der Waals surface area contributed by atoms with Gasteiger partial charge in [-0.1, -0.05) is 48.5 Å². The number of amides is 1. The van der Waals surface area contributed by atoms with Crippen molar-refractivity contribution < 1.29 is 9.53 Å². The van der Waals surface area contributed by atoms with E-state index in [2.05, 4.69) is 5.32 Å². The second kappa shape index (κ2) is 5.97. The third-order valence-corrected chi connectivity index (χ3v) is 3.67. The number of hydrogen-bond donors (Lipinski definition) is 2. The van der Waals surface area contributed by atoms with Gasteiger partial charge in [-0.05, 0) is 11.6 Å². The Kier molecular flexibility index (Phi) is 3.88. The van der Waals surface area contributed by atoms with Crippen LogP contribution in [-0.2, 0) is 4.79 Å². The molecule has 0 fully saturated rings. The second-order valence-electron chi connectivity index (χ2n) is 5.19. The molecule has 0 spiro atoms. The number of nitrogens with two attached hydrogens (primary N) is 1. The Morgan fingerprint density at radius 1 is 1.19 bits per heavy atom. The Labute approximate surface area is 123 Å². The smallest absolute Gasteiger partial charge is 0.222 e. The summed E-state index contributed by atoms with van der Waals surface area (Å²) in [6.45, 7) is 0.478.